The average molecular weight is 515 g/mol. The topological polar surface area (TPSA) is 85.3 Å². The zero-order chi connectivity index (χ0) is 26.6. The normalized spacial score (nSPS) is 16.6. The van der Waals surface area contributed by atoms with E-state index < -0.39 is 16.6 Å². The molecule has 0 bridgehead atoms. The number of unbranched alkanes of at least 4 members (excludes halogenated alkanes) is 1. The maximum absolute atomic E-state index is 12.8. The van der Waals surface area contributed by atoms with E-state index in [9.17, 15) is 14.4 Å². The van der Waals surface area contributed by atoms with Crippen molar-refractivity contribution in [2.75, 3.05) is 13.3 Å². The number of hydrogen-bond acceptors (Lipinski definition) is 7. The SMILES string of the molecule is C=N/C=C(\C=C/CCCOc1ccc(CC2SC(=O)N(COC(=O)C(C)(C)CCC)C2=O)cc1)CC. The van der Waals surface area contributed by atoms with Gasteiger partial charge in [0.25, 0.3) is 5.24 Å². The summed E-state index contributed by atoms with van der Waals surface area (Å²) in [6, 6.07) is 7.56. The number of esters is 1. The second-order valence-corrected chi connectivity index (χ2v) is 10.5. The molecule has 0 aliphatic carbocycles. The number of thioether (sulfide) groups is 1. The maximum atomic E-state index is 12.8. The third-order valence-electron chi connectivity index (χ3n) is 5.88. The molecule has 1 saturated heterocycles. The molecule has 196 valence electrons. The molecule has 2 amide bonds. The lowest BCUT2D eigenvalue weighted by atomic mass is 9.88. The van der Waals surface area contributed by atoms with Gasteiger partial charge < -0.3 is 9.47 Å². The Morgan fingerprint density at radius 3 is 2.58 bits per heavy atom. The second kappa shape index (κ2) is 14.6. The lowest BCUT2D eigenvalue weighted by molar-refractivity contribution is -0.159. The number of carbonyl (C=O) groups excluding carboxylic acids is 3. The van der Waals surface area contributed by atoms with E-state index in [-0.39, 0.29) is 17.9 Å². The molecule has 8 heteroatoms. The number of nitrogens with zero attached hydrogens (tertiary/aromatic N) is 2. The molecule has 1 unspecified atom stereocenters. The first-order valence-corrected chi connectivity index (χ1v) is 13.3. The summed E-state index contributed by atoms with van der Waals surface area (Å²) in [5.74, 6) is 0.0272. The van der Waals surface area contributed by atoms with Crippen LogP contribution in [0, 0.1) is 5.41 Å². The summed E-state index contributed by atoms with van der Waals surface area (Å²) in [6.07, 6.45) is 10.6. The van der Waals surface area contributed by atoms with E-state index in [1.54, 1.807) is 20.0 Å². The average Bonchev–Trinajstić information content (AvgIpc) is 3.11. The van der Waals surface area contributed by atoms with Crippen LogP contribution in [0.3, 0.4) is 0 Å². The van der Waals surface area contributed by atoms with E-state index >= 15 is 0 Å². The van der Waals surface area contributed by atoms with Gasteiger partial charge in [0, 0.05) is 6.20 Å². The quantitative estimate of drug-likeness (QED) is 0.118. The van der Waals surface area contributed by atoms with Crippen molar-refractivity contribution in [1.29, 1.82) is 0 Å². The van der Waals surface area contributed by atoms with Crippen molar-refractivity contribution in [3.05, 3.63) is 53.8 Å². The Hall–Kier alpha value is -2.87. The molecule has 2 rings (SSSR count). The zero-order valence-electron chi connectivity index (χ0n) is 21.8. The predicted molar refractivity (Wildman–Crippen MR) is 145 cm³/mol. The van der Waals surface area contributed by atoms with Gasteiger partial charge in [-0.2, -0.15) is 0 Å². The Balaban J connectivity index is 1.78. The predicted octanol–water partition coefficient (Wildman–Crippen LogP) is 6.33. The molecule has 0 saturated carbocycles. The minimum atomic E-state index is -0.646. The molecule has 1 aromatic rings. The summed E-state index contributed by atoms with van der Waals surface area (Å²) < 4.78 is 11.1. The summed E-state index contributed by atoms with van der Waals surface area (Å²) in [4.78, 5) is 42.2. The molecule has 7 nitrogen and oxygen atoms in total. The number of allylic oxidation sites excluding steroid dienone is 3. The molecule has 1 heterocycles. The first-order valence-electron chi connectivity index (χ1n) is 12.4. The molecule has 1 atom stereocenters. The Morgan fingerprint density at radius 1 is 1.22 bits per heavy atom. The van der Waals surface area contributed by atoms with Crippen molar-refractivity contribution < 1.29 is 23.9 Å². The fraction of sp³-hybridized carbons (Fsp3) is 0.500. The van der Waals surface area contributed by atoms with Crippen LogP contribution < -0.4 is 4.74 Å². The van der Waals surface area contributed by atoms with E-state index in [4.69, 9.17) is 9.47 Å². The fourth-order valence-electron chi connectivity index (χ4n) is 3.72. The molecule has 1 aliphatic rings. The largest absolute Gasteiger partial charge is 0.494 e. The third-order valence-corrected chi connectivity index (χ3v) is 6.96. The number of aliphatic imine (C=N–C) groups is 1. The monoisotopic (exact) mass is 514 g/mol. The smallest absolute Gasteiger partial charge is 0.313 e. The van der Waals surface area contributed by atoms with Gasteiger partial charge in [0.05, 0.1) is 17.3 Å². The van der Waals surface area contributed by atoms with Gasteiger partial charge >= 0.3 is 5.97 Å². The van der Waals surface area contributed by atoms with Crippen molar-refractivity contribution in [3.8, 4) is 5.75 Å². The van der Waals surface area contributed by atoms with Crippen molar-refractivity contribution in [3.63, 3.8) is 0 Å². The number of benzene rings is 1. The van der Waals surface area contributed by atoms with E-state index in [1.807, 2.05) is 31.2 Å². The van der Waals surface area contributed by atoms with Gasteiger partial charge in [0.2, 0.25) is 5.91 Å². The highest BCUT2D eigenvalue weighted by atomic mass is 32.2. The summed E-state index contributed by atoms with van der Waals surface area (Å²) >= 11 is 0.973. The third kappa shape index (κ3) is 8.97. The van der Waals surface area contributed by atoms with Crippen molar-refractivity contribution in [1.82, 2.24) is 4.90 Å². The van der Waals surface area contributed by atoms with Crippen LogP contribution >= 0.6 is 11.8 Å². The maximum Gasteiger partial charge on any atom is 0.313 e. The van der Waals surface area contributed by atoms with Crippen molar-refractivity contribution >= 4 is 35.6 Å². The summed E-state index contributed by atoms with van der Waals surface area (Å²) in [5, 5.41) is -0.917. The lowest BCUT2D eigenvalue weighted by Crippen LogP contribution is -2.37. The first-order chi connectivity index (χ1) is 17.2. The van der Waals surface area contributed by atoms with E-state index in [1.165, 1.54) is 0 Å². The minimum Gasteiger partial charge on any atom is -0.494 e. The van der Waals surface area contributed by atoms with Crippen LogP contribution in [-0.4, -0.2) is 47.3 Å². The first kappa shape index (κ1) is 29.4. The number of imide groups is 1. The van der Waals surface area contributed by atoms with Gasteiger partial charge in [-0.1, -0.05) is 56.3 Å². The Labute approximate surface area is 219 Å². The minimum absolute atomic E-state index is 0.329. The molecular formula is C28H38N2O5S. The Kier molecular flexibility index (Phi) is 11.9. The molecular weight excluding hydrogens is 476 g/mol. The highest BCUT2D eigenvalue weighted by Gasteiger charge is 2.40. The van der Waals surface area contributed by atoms with Crippen molar-refractivity contribution in [2.45, 2.75) is 71.5 Å². The van der Waals surface area contributed by atoms with Crippen LogP contribution in [-0.2, 0) is 20.7 Å². The highest BCUT2D eigenvalue weighted by molar-refractivity contribution is 8.15. The summed E-state index contributed by atoms with van der Waals surface area (Å²) in [6.45, 7) is 11.4. The molecule has 0 radical (unpaired) electrons. The molecule has 36 heavy (non-hydrogen) atoms. The van der Waals surface area contributed by atoms with Crippen LogP contribution in [0.1, 0.15) is 65.4 Å². The number of amides is 2. The number of ether oxygens (including phenoxy) is 2. The van der Waals surface area contributed by atoms with Crippen molar-refractivity contribution in [2.24, 2.45) is 10.4 Å². The highest BCUT2D eigenvalue weighted by Crippen LogP contribution is 2.31. The van der Waals surface area contributed by atoms with Crippen LogP contribution in [0.4, 0.5) is 4.79 Å². The molecule has 0 N–H and O–H groups in total. The number of hydrogen-bond donors (Lipinski definition) is 0. The molecule has 0 spiro atoms. The molecule has 1 fully saturated rings. The van der Waals surface area contributed by atoms with E-state index in [0.717, 1.165) is 59.2 Å². The van der Waals surface area contributed by atoms with Gasteiger partial charge in [-0.25, -0.2) is 4.90 Å². The molecule has 1 aromatic carbocycles. The van der Waals surface area contributed by atoms with Crippen LogP contribution in [0.25, 0.3) is 0 Å². The van der Waals surface area contributed by atoms with Gasteiger partial charge in [-0.05, 0) is 75.9 Å². The second-order valence-electron chi connectivity index (χ2n) is 9.31. The van der Waals surface area contributed by atoms with E-state index in [2.05, 4.69) is 30.8 Å². The standard InChI is InChI=1S/C28H38N2O5S/c1-6-16-28(3,4)26(32)35-20-30-25(31)24(36-27(30)33)18-22-12-14-23(15-13-22)34-17-10-8-9-11-21(7-2)19-29-5/h9,11-15,19,24H,5-8,10,16-18,20H2,1-4H3/b11-9-,21-19-. The van der Waals surface area contributed by atoms with Gasteiger partial charge in [0.1, 0.15) is 5.75 Å². The van der Waals surface area contributed by atoms with Crippen LogP contribution in [0.5, 0.6) is 5.75 Å². The van der Waals surface area contributed by atoms with Crippen LogP contribution in [0.2, 0.25) is 0 Å². The fourth-order valence-corrected chi connectivity index (χ4v) is 4.74. The molecule has 1 aliphatic heterocycles. The summed E-state index contributed by atoms with van der Waals surface area (Å²) in [5.41, 5.74) is 1.43. The zero-order valence-corrected chi connectivity index (χ0v) is 22.6. The number of rotatable bonds is 15. The molecule has 0 aromatic heterocycles. The van der Waals surface area contributed by atoms with Gasteiger partial charge in [0.15, 0.2) is 6.73 Å². The Bertz CT molecular complexity index is 969. The van der Waals surface area contributed by atoms with E-state index in [0.29, 0.717) is 19.4 Å². The van der Waals surface area contributed by atoms with Gasteiger partial charge in [-0.3, -0.25) is 19.4 Å². The van der Waals surface area contributed by atoms with Gasteiger partial charge in [-0.15, -0.1) is 0 Å². The van der Waals surface area contributed by atoms with Crippen LogP contribution in [0.15, 0.2) is 53.2 Å². The Morgan fingerprint density at radius 2 is 1.94 bits per heavy atom. The lowest BCUT2D eigenvalue weighted by Gasteiger charge is -2.23. The number of carbonyl (C=O) groups is 3. The summed E-state index contributed by atoms with van der Waals surface area (Å²) in [7, 11) is 0.